The van der Waals surface area contributed by atoms with Crippen molar-refractivity contribution in [2.75, 3.05) is 13.7 Å². The number of aromatic amines is 1. The van der Waals surface area contributed by atoms with E-state index >= 15 is 0 Å². The van der Waals surface area contributed by atoms with Crippen LogP contribution in [0.25, 0.3) is 10.9 Å². The van der Waals surface area contributed by atoms with Crippen LogP contribution in [-0.2, 0) is 6.42 Å². The summed E-state index contributed by atoms with van der Waals surface area (Å²) in [5.74, 6) is 3.39. The molecule has 0 saturated heterocycles. The summed E-state index contributed by atoms with van der Waals surface area (Å²) in [6, 6.07) is 10.2. The highest BCUT2D eigenvalue weighted by molar-refractivity contribution is 5.82. The minimum atomic E-state index is -0.628. The first-order valence-electron chi connectivity index (χ1n) is 8.75. The van der Waals surface area contributed by atoms with E-state index < -0.39 is 11.2 Å². The van der Waals surface area contributed by atoms with Crippen molar-refractivity contribution < 1.29 is 9.47 Å². The molecule has 0 aliphatic rings. The molecule has 0 saturated carbocycles. The Hall–Kier alpha value is -4.05. The SMILES string of the molecule is C#CCOc1c(CC=C)cc(/C=N/n2c(=O)[nH]c3ccccc3c2=O)cc1OC. The summed E-state index contributed by atoms with van der Waals surface area (Å²) >= 11 is 0. The van der Waals surface area contributed by atoms with E-state index in [9.17, 15) is 9.59 Å². The highest BCUT2D eigenvalue weighted by Gasteiger charge is 2.12. The summed E-state index contributed by atoms with van der Waals surface area (Å²) in [4.78, 5) is 27.5. The molecule has 3 aromatic rings. The van der Waals surface area contributed by atoms with E-state index in [4.69, 9.17) is 15.9 Å². The first-order valence-corrected chi connectivity index (χ1v) is 8.75. The third-order valence-corrected chi connectivity index (χ3v) is 4.14. The van der Waals surface area contributed by atoms with E-state index in [0.717, 1.165) is 10.2 Å². The van der Waals surface area contributed by atoms with Gasteiger partial charge < -0.3 is 14.5 Å². The van der Waals surface area contributed by atoms with Crippen molar-refractivity contribution >= 4 is 17.1 Å². The normalized spacial score (nSPS) is 10.8. The van der Waals surface area contributed by atoms with E-state index in [2.05, 4.69) is 22.6 Å². The summed E-state index contributed by atoms with van der Waals surface area (Å²) in [6.07, 6.45) is 8.92. The van der Waals surface area contributed by atoms with Gasteiger partial charge in [0.2, 0.25) is 0 Å². The molecule has 0 spiro atoms. The predicted molar refractivity (Wildman–Crippen MR) is 113 cm³/mol. The Kier molecular flexibility index (Phi) is 5.95. The van der Waals surface area contributed by atoms with Gasteiger partial charge >= 0.3 is 5.69 Å². The Morgan fingerprint density at radius 2 is 2.10 bits per heavy atom. The van der Waals surface area contributed by atoms with Crippen LogP contribution in [0.1, 0.15) is 11.1 Å². The van der Waals surface area contributed by atoms with Gasteiger partial charge in [0.05, 0.1) is 24.2 Å². The van der Waals surface area contributed by atoms with E-state index in [0.29, 0.717) is 34.4 Å². The highest BCUT2D eigenvalue weighted by Crippen LogP contribution is 2.33. The molecule has 3 rings (SSSR count). The van der Waals surface area contributed by atoms with Crippen molar-refractivity contribution in [3.8, 4) is 23.8 Å². The first kappa shape index (κ1) is 19.7. The van der Waals surface area contributed by atoms with Crippen molar-refractivity contribution in [1.82, 2.24) is 9.66 Å². The Morgan fingerprint density at radius 3 is 2.83 bits per heavy atom. The minimum absolute atomic E-state index is 0.0931. The Balaban J connectivity index is 2.07. The molecule has 0 fully saturated rings. The van der Waals surface area contributed by atoms with Crippen LogP contribution in [0.4, 0.5) is 0 Å². The number of rotatable bonds is 7. The number of ether oxygens (including phenoxy) is 2. The first-order chi connectivity index (χ1) is 14.1. The monoisotopic (exact) mass is 389 g/mol. The van der Waals surface area contributed by atoms with Crippen LogP contribution in [0.15, 0.2) is 63.7 Å². The van der Waals surface area contributed by atoms with Gasteiger partial charge in [0.1, 0.15) is 6.61 Å². The second-order valence-electron chi connectivity index (χ2n) is 6.03. The molecule has 7 nitrogen and oxygen atoms in total. The summed E-state index contributed by atoms with van der Waals surface area (Å²) in [5, 5.41) is 4.44. The van der Waals surface area contributed by atoms with E-state index in [1.54, 1.807) is 42.5 Å². The lowest BCUT2D eigenvalue weighted by Crippen LogP contribution is -2.32. The second kappa shape index (κ2) is 8.76. The molecule has 0 amide bonds. The maximum absolute atomic E-state index is 12.6. The lowest BCUT2D eigenvalue weighted by Gasteiger charge is -2.14. The molecule has 0 atom stereocenters. The average molecular weight is 389 g/mol. The molecule has 2 aromatic carbocycles. The van der Waals surface area contributed by atoms with Gasteiger partial charge in [-0.2, -0.15) is 5.10 Å². The van der Waals surface area contributed by atoms with Gasteiger partial charge in [0, 0.05) is 5.56 Å². The molecular weight excluding hydrogens is 370 g/mol. The molecule has 0 aliphatic heterocycles. The summed E-state index contributed by atoms with van der Waals surface area (Å²) in [6.45, 7) is 3.84. The Morgan fingerprint density at radius 1 is 1.31 bits per heavy atom. The fourth-order valence-electron chi connectivity index (χ4n) is 2.88. The van der Waals surface area contributed by atoms with Crippen LogP contribution in [-0.4, -0.2) is 29.6 Å². The number of methoxy groups -OCH3 is 1. The van der Waals surface area contributed by atoms with Crippen LogP contribution in [0.3, 0.4) is 0 Å². The summed E-state index contributed by atoms with van der Waals surface area (Å²) in [5.41, 5.74) is 0.728. The maximum Gasteiger partial charge on any atom is 0.349 e. The highest BCUT2D eigenvalue weighted by atomic mass is 16.5. The van der Waals surface area contributed by atoms with Crippen molar-refractivity contribution in [2.45, 2.75) is 6.42 Å². The molecule has 0 radical (unpaired) electrons. The maximum atomic E-state index is 12.6. The van der Waals surface area contributed by atoms with Crippen molar-refractivity contribution in [3.63, 3.8) is 0 Å². The zero-order valence-corrected chi connectivity index (χ0v) is 15.8. The van der Waals surface area contributed by atoms with E-state index in [1.807, 2.05) is 0 Å². The molecule has 1 heterocycles. The van der Waals surface area contributed by atoms with E-state index in [-0.39, 0.29) is 6.61 Å². The number of fused-ring (bicyclic) bond motifs is 1. The van der Waals surface area contributed by atoms with Gasteiger partial charge in [-0.25, -0.2) is 4.79 Å². The number of nitrogens with one attached hydrogen (secondary N) is 1. The van der Waals surface area contributed by atoms with Crippen LogP contribution >= 0.6 is 0 Å². The number of hydrogen-bond donors (Lipinski definition) is 1. The number of H-pyrrole nitrogens is 1. The standard InChI is InChI=1S/C22H19N3O4/c1-4-8-16-12-15(13-19(28-3)20(16)29-11-5-2)14-23-25-21(26)17-9-6-7-10-18(17)24-22(25)27/h2,4,6-7,9-10,12-14H,1,8,11H2,3H3,(H,24,27)/b23-14+. The number of aromatic nitrogens is 2. The van der Waals surface area contributed by atoms with Gasteiger partial charge in [0.25, 0.3) is 5.56 Å². The van der Waals surface area contributed by atoms with Gasteiger partial charge in [-0.1, -0.05) is 24.1 Å². The lowest BCUT2D eigenvalue weighted by molar-refractivity contribution is 0.328. The Bertz CT molecular complexity index is 1250. The number of para-hydroxylation sites is 1. The molecule has 7 heteroatoms. The van der Waals surface area contributed by atoms with Gasteiger partial charge in [-0.3, -0.25) is 4.79 Å². The molecule has 29 heavy (non-hydrogen) atoms. The number of terminal acetylenes is 1. The zero-order valence-electron chi connectivity index (χ0n) is 15.8. The topological polar surface area (TPSA) is 85.7 Å². The number of benzene rings is 2. The second-order valence-corrected chi connectivity index (χ2v) is 6.03. The quantitative estimate of drug-likeness (QED) is 0.382. The van der Waals surface area contributed by atoms with Crippen LogP contribution in [0.5, 0.6) is 11.5 Å². The number of hydrogen-bond acceptors (Lipinski definition) is 5. The van der Waals surface area contributed by atoms with Gasteiger partial charge in [0.15, 0.2) is 11.5 Å². The van der Waals surface area contributed by atoms with Crippen molar-refractivity contribution in [2.24, 2.45) is 5.10 Å². The molecule has 146 valence electrons. The fourth-order valence-corrected chi connectivity index (χ4v) is 2.88. The molecular formula is C22H19N3O4. The van der Waals surface area contributed by atoms with Crippen LogP contribution in [0.2, 0.25) is 0 Å². The molecule has 1 N–H and O–H groups in total. The van der Waals surface area contributed by atoms with Gasteiger partial charge in [-0.05, 0) is 36.2 Å². The summed E-state index contributed by atoms with van der Waals surface area (Å²) in [7, 11) is 1.51. The van der Waals surface area contributed by atoms with Crippen LogP contribution < -0.4 is 20.7 Å². The van der Waals surface area contributed by atoms with Crippen LogP contribution in [0, 0.1) is 12.3 Å². The van der Waals surface area contributed by atoms with Crippen molar-refractivity contribution in [3.05, 3.63) is 81.0 Å². The third-order valence-electron chi connectivity index (χ3n) is 4.14. The zero-order chi connectivity index (χ0) is 20.8. The average Bonchev–Trinajstić information content (AvgIpc) is 2.72. The molecule has 1 aromatic heterocycles. The fraction of sp³-hybridized carbons (Fsp3) is 0.136. The minimum Gasteiger partial charge on any atom is -0.493 e. The van der Waals surface area contributed by atoms with E-state index in [1.165, 1.54) is 13.3 Å². The lowest BCUT2D eigenvalue weighted by atomic mass is 10.1. The number of nitrogens with zero attached hydrogens (tertiary/aromatic N) is 2. The Labute approximate surface area is 166 Å². The van der Waals surface area contributed by atoms with Gasteiger partial charge in [-0.15, -0.1) is 17.7 Å². The number of allylic oxidation sites excluding steroid dienone is 1. The molecule has 0 unspecified atom stereocenters. The largest absolute Gasteiger partial charge is 0.493 e. The van der Waals surface area contributed by atoms with Crippen molar-refractivity contribution in [1.29, 1.82) is 0 Å². The third kappa shape index (κ3) is 4.12. The smallest absolute Gasteiger partial charge is 0.349 e. The summed E-state index contributed by atoms with van der Waals surface area (Å²) < 4.78 is 11.8. The molecule has 0 bridgehead atoms. The molecule has 0 aliphatic carbocycles. The predicted octanol–water partition coefficient (Wildman–Crippen LogP) is 2.32.